The van der Waals surface area contributed by atoms with Crippen LogP contribution in [0.5, 0.6) is 0 Å². The maximum absolute atomic E-state index is 2.55. The fourth-order valence-corrected chi connectivity index (χ4v) is 15.0. The summed E-state index contributed by atoms with van der Waals surface area (Å²) in [6.07, 6.45) is 19.3. The van der Waals surface area contributed by atoms with E-state index >= 15 is 0 Å². The minimum Gasteiger partial charge on any atom is -0.0654 e. The van der Waals surface area contributed by atoms with Gasteiger partial charge in [-0.05, 0) is 171 Å². The zero-order valence-electron chi connectivity index (χ0n) is 49.7. The molecule has 0 saturated carbocycles. The molecule has 2 aliphatic rings. The molecule has 0 heteroatoms. The first-order chi connectivity index (χ1) is 41.5. The van der Waals surface area contributed by atoms with Gasteiger partial charge >= 0.3 is 0 Å². The molecular formula is C84H78. The van der Waals surface area contributed by atoms with Crippen molar-refractivity contribution in [2.45, 2.75) is 116 Å². The summed E-state index contributed by atoms with van der Waals surface area (Å²) in [5.41, 5.74) is 26.6. The Labute approximate surface area is 500 Å². The lowest BCUT2D eigenvalue weighted by atomic mass is 9.70. The summed E-state index contributed by atoms with van der Waals surface area (Å²) in [7, 11) is 0. The Hall–Kier alpha value is -8.58. The monoisotopic (exact) mass is 1090 g/mol. The van der Waals surface area contributed by atoms with Gasteiger partial charge in [-0.2, -0.15) is 0 Å². The average molecular weight is 1090 g/mol. The standard InChI is InChI=1S/C84H78/c1-5-9-51-83(52-10-6-2)77-37-25-23-31-67(77)69-49-39-59(57-79(69)83)55-75(61-27-15-13-16-28-61)63-41-45-65(46-42-63)81-71-33-19-21-35-73(71)82(74-36-22-20-34-72(74)81)66-47-43-64(44-48-66)76(62-29-17-14-18-30-62)56-60-40-50-70-68-32-24-26-38-78(68)84(53-11-7-3,54-12-8-4)80(70)58-60/h13-50,55-58H,5-12,51-54H2,1-4H3. The van der Waals surface area contributed by atoms with Crippen molar-refractivity contribution in [1.29, 1.82) is 0 Å². The summed E-state index contributed by atoms with van der Waals surface area (Å²) in [5.74, 6) is 0. The van der Waals surface area contributed by atoms with Crippen molar-refractivity contribution in [3.8, 4) is 44.5 Å². The first-order valence-corrected chi connectivity index (χ1v) is 31.6. The highest BCUT2D eigenvalue weighted by molar-refractivity contribution is 6.21. The van der Waals surface area contributed by atoms with Gasteiger partial charge in [0.15, 0.2) is 0 Å². The highest BCUT2D eigenvalue weighted by Gasteiger charge is 2.43. The molecule has 0 aliphatic heterocycles. The molecule has 0 unspecified atom stereocenters. The van der Waals surface area contributed by atoms with Crippen molar-refractivity contribution >= 4 is 44.8 Å². The molecule has 0 amide bonds. The van der Waals surface area contributed by atoms with Gasteiger partial charge in [0.1, 0.15) is 0 Å². The van der Waals surface area contributed by atoms with Crippen LogP contribution in [0.3, 0.4) is 0 Å². The van der Waals surface area contributed by atoms with E-state index in [1.54, 1.807) is 0 Å². The van der Waals surface area contributed by atoms with Gasteiger partial charge in [-0.3, -0.25) is 0 Å². The molecule has 0 radical (unpaired) electrons. The lowest BCUT2D eigenvalue weighted by Gasteiger charge is -2.33. The van der Waals surface area contributed by atoms with Gasteiger partial charge < -0.3 is 0 Å². The third-order valence-electron chi connectivity index (χ3n) is 19.1. The molecule has 0 fully saturated rings. The second kappa shape index (κ2) is 24.0. The van der Waals surface area contributed by atoms with Gasteiger partial charge in [0.05, 0.1) is 0 Å². The second-order valence-corrected chi connectivity index (χ2v) is 24.1. The average Bonchev–Trinajstić information content (AvgIpc) is 3.37. The molecule has 0 saturated heterocycles. The van der Waals surface area contributed by atoms with E-state index in [1.165, 1.54) is 210 Å². The SMILES string of the molecule is CCCCC1(CCCC)c2ccccc2-c2ccc(C=C(c3ccccc3)c3ccc(-c4c5ccccc5c(-c5ccc(C(=Cc6ccc7c(c6)C(CCCC)(CCCC)c6ccccc6-7)c6ccccc6)cc5)c5ccccc45)cc3)cc21. The Balaban J connectivity index is 0.875. The lowest BCUT2D eigenvalue weighted by molar-refractivity contribution is 0.414. The molecule has 84 heavy (non-hydrogen) atoms. The molecule has 0 bridgehead atoms. The fourth-order valence-electron chi connectivity index (χ4n) is 15.0. The summed E-state index contributed by atoms with van der Waals surface area (Å²) >= 11 is 0. The first kappa shape index (κ1) is 54.7. The van der Waals surface area contributed by atoms with Crippen LogP contribution in [0.25, 0.3) is 89.4 Å². The van der Waals surface area contributed by atoms with E-state index in [0.29, 0.717) is 0 Å². The quantitative estimate of drug-likeness (QED) is 0.0527. The smallest absolute Gasteiger partial charge is 0.0215 e. The number of unbranched alkanes of at least 4 members (excludes halogenated alkanes) is 4. The molecule has 0 atom stereocenters. The third kappa shape index (κ3) is 9.88. The van der Waals surface area contributed by atoms with E-state index in [0.717, 1.165) is 0 Å². The highest BCUT2D eigenvalue weighted by Crippen LogP contribution is 2.56. The van der Waals surface area contributed by atoms with Crippen LogP contribution >= 0.6 is 0 Å². The van der Waals surface area contributed by atoms with Gasteiger partial charge in [0, 0.05) is 10.8 Å². The molecule has 414 valence electrons. The highest BCUT2D eigenvalue weighted by atomic mass is 14.5. The van der Waals surface area contributed by atoms with Crippen LogP contribution in [-0.4, -0.2) is 0 Å². The van der Waals surface area contributed by atoms with Gasteiger partial charge in [-0.25, -0.2) is 0 Å². The lowest BCUT2D eigenvalue weighted by Crippen LogP contribution is -2.25. The van der Waals surface area contributed by atoms with Crippen LogP contribution < -0.4 is 0 Å². The van der Waals surface area contributed by atoms with Gasteiger partial charge in [0.2, 0.25) is 0 Å². The van der Waals surface area contributed by atoms with Crippen molar-refractivity contribution in [2.24, 2.45) is 0 Å². The van der Waals surface area contributed by atoms with Crippen LogP contribution in [0, 0.1) is 0 Å². The zero-order valence-corrected chi connectivity index (χ0v) is 49.7. The Bertz CT molecular complexity index is 3860. The van der Waals surface area contributed by atoms with E-state index in [2.05, 4.69) is 283 Å². The molecule has 2 aliphatic carbocycles. The third-order valence-corrected chi connectivity index (χ3v) is 19.1. The number of hydrogen-bond acceptors (Lipinski definition) is 0. The summed E-state index contributed by atoms with van der Waals surface area (Å²) in [4.78, 5) is 0. The van der Waals surface area contributed by atoms with Gasteiger partial charge in [0.25, 0.3) is 0 Å². The Morgan fingerprint density at radius 3 is 0.929 bits per heavy atom. The molecule has 0 N–H and O–H groups in total. The number of fused-ring (bicyclic) bond motifs is 8. The predicted molar refractivity (Wildman–Crippen MR) is 363 cm³/mol. The predicted octanol–water partition coefficient (Wildman–Crippen LogP) is 23.8. The number of benzene rings is 11. The molecule has 0 aromatic heterocycles. The summed E-state index contributed by atoms with van der Waals surface area (Å²) < 4.78 is 0. The second-order valence-electron chi connectivity index (χ2n) is 24.1. The van der Waals surface area contributed by atoms with Crippen LogP contribution in [0.1, 0.15) is 160 Å². The minimum atomic E-state index is 0.0397. The molecule has 11 aromatic carbocycles. The zero-order chi connectivity index (χ0) is 57.0. The van der Waals surface area contributed by atoms with Gasteiger partial charge in [-0.1, -0.05) is 322 Å². The van der Waals surface area contributed by atoms with E-state index in [1.807, 2.05) is 0 Å². The van der Waals surface area contributed by atoms with Crippen molar-refractivity contribution in [1.82, 2.24) is 0 Å². The van der Waals surface area contributed by atoms with Crippen LogP contribution in [0.15, 0.2) is 243 Å². The summed E-state index contributed by atoms with van der Waals surface area (Å²) in [6.45, 7) is 9.35. The molecule has 13 rings (SSSR count). The Kier molecular flexibility index (Phi) is 15.6. The van der Waals surface area contributed by atoms with Crippen LogP contribution in [0.2, 0.25) is 0 Å². The largest absolute Gasteiger partial charge is 0.0654 e. The molecule has 0 nitrogen and oxygen atoms in total. The molecule has 0 heterocycles. The molecule has 0 spiro atoms. The normalized spacial score (nSPS) is 13.9. The minimum absolute atomic E-state index is 0.0397. The van der Waals surface area contributed by atoms with E-state index < -0.39 is 0 Å². The molecular weight excluding hydrogens is 1010 g/mol. The fraction of sp³-hybridized carbons (Fsp3) is 0.214. The van der Waals surface area contributed by atoms with Crippen LogP contribution in [-0.2, 0) is 10.8 Å². The van der Waals surface area contributed by atoms with Gasteiger partial charge in [-0.15, -0.1) is 0 Å². The summed E-state index contributed by atoms with van der Waals surface area (Å²) in [5, 5.41) is 5.03. The maximum atomic E-state index is 2.55. The van der Waals surface area contributed by atoms with E-state index in [9.17, 15) is 0 Å². The molecule has 11 aromatic rings. The van der Waals surface area contributed by atoms with Crippen LogP contribution in [0.4, 0.5) is 0 Å². The van der Waals surface area contributed by atoms with E-state index in [-0.39, 0.29) is 10.8 Å². The number of rotatable bonds is 20. The maximum Gasteiger partial charge on any atom is 0.0215 e. The van der Waals surface area contributed by atoms with Crippen molar-refractivity contribution in [2.75, 3.05) is 0 Å². The summed E-state index contributed by atoms with van der Waals surface area (Å²) in [6, 6.07) is 92.2. The van der Waals surface area contributed by atoms with Crippen molar-refractivity contribution in [3.63, 3.8) is 0 Å². The topological polar surface area (TPSA) is 0 Å². The van der Waals surface area contributed by atoms with Crippen molar-refractivity contribution < 1.29 is 0 Å². The Morgan fingerprint density at radius 1 is 0.286 bits per heavy atom. The Morgan fingerprint density at radius 2 is 0.583 bits per heavy atom. The van der Waals surface area contributed by atoms with Crippen molar-refractivity contribution in [3.05, 3.63) is 298 Å². The first-order valence-electron chi connectivity index (χ1n) is 31.6. The number of hydrogen-bond donors (Lipinski definition) is 0. The van der Waals surface area contributed by atoms with E-state index in [4.69, 9.17) is 0 Å².